The standard InChI is InChI=1S/C66H52/c1-5-13-53(14-6-1)57-29-21-51(22-30-57)47-66(64-43-41-62(42-44-64)55-17-9-3-10-18-55)48-52-25-33-59(34-26-52)58-31-23-49(24-32-58)45-65(56-19-11-4-12-20-56)46-50-27-35-60(36-28-50)63-39-37-61(38-40-63)54-15-7-2-8-16-54/h1-41,43-44,46-47,62H,42,45,48H2. The number of allylic oxidation sites excluding steroid dienone is 6. The summed E-state index contributed by atoms with van der Waals surface area (Å²) >= 11 is 0. The molecule has 1 aliphatic carbocycles. The Bertz CT molecular complexity index is 3100. The van der Waals surface area contributed by atoms with Crippen molar-refractivity contribution in [2.24, 2.45) is 0 Å². The molecule has 66 heavy (non-hydrogen) atoms. The Hall–Kier alpha value is -8.06. The van der Waals surface area contributed by atoms with Gasteiger partial charge in [0.25, 0.3) is 0 Å². The summed E-state index contributed by atoms with van der Waals surface area (Å²) < 4.78 is 0. The van der Waals surface area contributed by atoms with Gasteiger partial charge in [0.2, 0.25) is 0 Å². The van der Waals surface area contributed by atoms with Crippen LogP contribution in [-0.2, 0) is 12.8 Å². The zero-order chi connectivity index (χ0) is 44.3. The highest BCUT2D eigenvalue weighted by Gasteiger charge is 2.15. The normalized spacial score (nSPS) is 13.9. The third-order valence-electron chi connectivity index (χ3n) is 12.8. The van der Waals surface area contributed by atoms with Gasteiger partial charge in [0.15, 0.2) is 0 Å². The summed E-state index contributed by atoms with van der Waals surface area (Å²) in [5, 5.41) is 0. The molecule has 9 aromatic carbocycles. The topological polar surface area (TPSA) is 0 Å². The Labute approximate surface area is 391 Å². The summed E-state index contributed by atoms with van der Waals surface area (Å²) in [6.07, 6.45) is 14.6. The largest absolute Gasteiger partial charge is 0.0761 e. The van der Waals surface area contributed by atoms with Crippen LogP contribution in [0.4, 0.5) is 0 Å². The summed E-state index contributed by atoms with van der Waals surface area (Å²) in [4.78, 5) is 0. The Kier molecular flexibility index (Phi) is 12.8. The molecule has 0 saturated carbocycles. The second kappa shape index (κ2) is 20.2. The van der Waals surface area contributed by atoms with Gasteiger partial charge in [0, 0.05) is 5.92 Å². The summed E-state index contributed by atoms with van der Waals surface area (Å²) in [6, 6.07) is 87.9. The summed E-state index contributed by atoms with van der Waals surface area (Å²) in [7, 11) is 0. The maximum Gasteiger partial charge on any atom is 0.00561 e. The maximum atomic E-state index is 2.43. The van der Waals surface area contributed by atoms with Crippen LogP contribution in [0, 0.1) is 0 Å². The minimum atomic E-state index is 0.404. The summed E-state index contributed by atoms with van der Waals surface area (Å²) in [5.74, 6) is 0.404. The van der Waals surface area contributed by atoms with Gasteiger partial charge in [-0.25, -0.2) is 0 Å². The van der Waals surface area contributed by atoms with Crippen LogP contribution in [0.5, 0.6) is 0 Å². The van der Waals surface area contributed by atoms with E-state index in [1.165, 1.54) is 94.6 Å². The van der Waals surface area contributed by atoms with E-state index in [2.05, 4.69) is 273 Å². The van der Waals surface area contributed by atoms with Crippen LogP contribution in [0.2, 0.25) is 0 Å². The number of hydrogen-bond donors (Lipinski definition) is 0. The van der Waals surface area contributed by atoms with Crippen LogP contribution in [-0.4, -0.2) is 0 Å². The van der Waals surface area contributed by atoms with E-state index in [-0.39, 0.29) is 0 Å². The molecule has 1 atom stereocenters. The molecule has 1 aliphatic rings. The van der Waals surface area contributed by atoms with Crippen LogP contribution in [0.25, 0.3) is 62.2 Å². The fraction of sp³-hybridized carbons (Fsp3) is 0.0606. The van der Waals surface area contributed by atoms with Crippen molar-refractivity contribution < 1.29 is 0 Å². The van der Waals surface area contributed by atoms with Gasteiger partial charge in [-0.1, -0.05) is 273 Å². The molecular formula is C66H52. The molecule has 9 aromatic rings. The smallest absolute Gasteiger partial charge is 0.00561 e. The summed E-state index contributed by atoms with van der Waals surface area (Å²) in [5.41, 5.74) is 21.4. The van der Waals surface area contributed by atoms with Crippen molar-refractivity contribution in [1.82, 2.24) is 0 Å². The Morgan fingerprint density at radius 1 is 0.348 bits per heavy atom. The first-order valence-electron chi connectivity index (χ1n) is 23.2. The van der Waals surface area contributed by atoms with E-state index in [1.807, 2.05) is 0 Å². The molecule has 10 rings (SSSR count). The molecule has 316 valence electrons. The van der Waals surface area contributed by atoms with Gasteiger partial charge < -0.3 is 0 Å². The molecule has 0 saturated heterocycles. The average molecular weight is 845 g/mol. The van der Waals surface area contributed by atoms with Gasteiger partial charge in [-0.05, 0) is 114 Å². The highest BCUT2D eigenvalue weighted by molar-refractivity contribution is 5.83. The van der Waals surface area contributed by atoms with Crippen LogP contribution in [0.1, 0.15) is 45.7 Å². The van der Waals surface area contributed by atoms with E-state index in [0.717, 1.165) is 19.3 Å². The van der Waals surface area contributed by atoms with Crippen molar-refractivity contribution in [2.45, 2.75) is 25.2 Å². The van der Waals surface area contributed by atoms with Crippen LogP contribution < -0.4 is 0 Å². The fourth-order valence-corrected chi connectivity index (χ4v) is 9.06. The molecule has 0 heteroatoms. The third-order valence-corrected chi connectivity index (χ3v) is 12.8. The van der Waals surface area contributed by atoms with Gasteiger partial charge >= 0.3 is 0 Å². The van der Waals surface area contributed by atoms with E-state index in [9.17, 15) is 0 Å². The van der Waals surface area contributed by atoms with Crippen LogP contribution in [0.3, 0.4) is 0 Å². The van der Waals surface area contributed by atoms with Gasteiger partial charge in [0.05, 0.1) is 0 Å². The number of rotatable bonds is 13. The van der Waals surface area contributed by atoms with Crippen molar-refractivity contribution in [1.29, 1.82) is 0 Å². The number of benzene rings is 9. The number of hydrogen-bond acceptors (Lipinski definition) is 0. The first-order chi connectivity index (χ1) is 32.7. The second-order valence-electron chi connectivity index (χ2n) is 17.3. The molecule has 0 aliphatic heterocycles. The molecule has 0 amide bonds. The maximum absolute atomic E-state index is 2.43. The summed E-state index contributed by atoms with van der Waals surface area (Å²) in [6.45, 7) is 0. The van der Waals surface area contributed by atoms with Crippen molar-refractivity contribution in [2.75, 3.05) is 0 Å². The van der Waals surface area contributed by atoms with E-state index in [0.29, 0.717) is 5.92 Å². The molecular weight excluding hydrogens is 793 g/mol. The SMILES string of the molecule is C1=CC(c2ccccc2)CC=C1C(=Cc1ccc(-c2ccccc2)cc1)Cc1ccc(-c2ccc(CC(=Cc3ccc(-c4ccc(-c5ccccc5)cc4)cc3)c3ccccc3)cc2)cc1. The molecule has 0 heterocycles. The molecule has 0 fully saturated rings. The first kappa shape index (κ1) is 41.9. The zero-order valence-electron chi connectivity index (χ0n) is 37.2. The van der Waals surface area contributed by atoms with Crippen molar-refractivity contribution in [3.63, 3.8) is 0 Å². The van der Waals surface area contributed by atoms with Crippen molar-refractivity contribution >= 4 is 17.7 Å². The lowest BCUT2D eigenvalue weighted by Gasteiger charge is -2.19. The van der Waals surface area contributed by atoms with Gasteiger partial charge in [-0.2, -0.15) is 0 Å². The molecule has 1 unspecified atom stereocenters. The van der Waals surface area contributed by atoms with Gasteiger partial charge in [-0.15, -0.1) is 0 Å². The van der Waals surface area contributed by atoms with Gasteiger partial charge in [-0.3, -0.25) is 0 Å². The Balaban J connectivity index is 0.843. The van der Waals surface area contributed by atoms with Gasteiger partial charge in [0.1, 0.15) is 0 Å². The Morgan fingerprint density at radius 3 is 1.12 bits per heavy atom. The monoisotopic (exact) mass is 844 g/mol. The highest BCUT2D eigenvalue weighted by atomic mass is 14.2. The Morgan fingerprint density at radius 2 is 0.697 bits per heavy atom. The molecule has 0 nitrogen and oxygen atoms in total. The first-order valence-corrected chi connectivity index (χ1v) is 23.2. The minimum Gasteiger partial charge on any atom is -0.0761 e. The van der Waals surface area contributed by atoms with E-state index in [4.69, 9.17) is 0 Å². The minimum absolute atomic E-state index is 0.404. The fourth-order valence-electron chi connectivity index (χ4n) is 9.06. The lowest BCUT2D eigenvalue weighted by molar-refractivity contribution is 0.845. The van der Waals surface area contributed by atoms with Crippen molar-refractivity contribution in [3.05, 3.63) is 305 Å². The highest BCUT2D eigenvalue weighted by Crippen LogP contribution is 2.33. The predicted molar refractivity (Wildman–Crippen MR) is 282 cm³/mol. The third kappa shape index (κ3) is 10.3. The van der Waals surface area contributed by atoms with Crippen LogP contribution in [0.15, 0.2) is 272 Å². The lowest BCUT2D eigenvalue weighted by atomic mass is 9.86. The quantitative estimate of drug-likeness (QED) is 0.101. The lowest BCUT2D eigenvalue weighted by Crippen LogP contribution is -2.02. The molecule has 0 N–H and O–H groups in total. The van der Waals surface area contributed by atoms with Crippen molar-refractivity contribution in [3.8, 4) is 44.5 Å². The van der Waals surface area contributed by atoms with E-state index < -0.39 is 0 Å². The zero-order valence-corrected chi connectivity index (χ0v) is 37.2. The van der Waals surface area contributed by atoms with E-state index >= 15 is 0 Å². The predicted octanol–water partition coefficient (Wildman–Crippen LogP) is 17.4. The molecule has 0 radical (unpaired) electrons. The average Bonchev–Trinajstić information content (AvgIpc) is 3.40. The molecule has 0 aromatic heterocycles. The second-order valence-corrected chi connectivity index (χ2v) is 17.3. The van der Waals surface area contributed by atoms with E-state index in [1.54, 1.807) is 0 Å². The molecule has 0 bridgehead atoms. The van der Waals surface area contributed by atoms with Crippen LogP contribution >= 0.6 is 0 Å². The molecule has 0 spiro atoms.